The lowest BCUT2D eigenvalue weighted by Crippen LogP contribution is -2.42. The molecule has 15 heavy (non-hydrogen) atoms. The number of nitrogens with two attached hydrogens (primary N) is 1. The Morgan fingerprint density at radius 2 is 2.20 bits per heavy atom. The SMILES string of the molecule is CCN(C)CCNC(=O)C1(C(N)=S)CC1. The first-order valence-electron chi connectivity index (χ1n) is 5.29. The number of nitrogens with zero attached hydrogens (tertiary/aromatic N) is 1. The number of rotatable bonds is 6. The quantitative estimate of drug-likeness (QED) is 0.635. The molecule has 1 aliphatic carbocycles. The summed E-state index contributed by atoms with van der Waals surface area (Å²) in [6.45, 7) is 4.58. The first-order chi connectivity index (χ1) is 7.03. The van der Waals surface area contributed by atoms with Gasteiger partial charge in [-0.2, -0.15) is 0 Å². The van der Waals surface area contributed by atoms with Crippen LogP contribution in [0.5, 0.6) is 0 Å². The second-order valence-corrected chi connectivity index (χ2v) is 4.54. The highest BCUT2D eigenvalue weighted by atomic mass is 32.1. The van der Waals surface area contributed by atoms with Gasteiger partial charge in [0.15, 0.2) is 0 Å². The fraction of sp³-hybridized carbons (Fsp3) is 0.800. The minimum atomic E-state index is -0.514. The maximum absolute atomic E-state index is 11.7. The summed E-state index contributed by atoms with van der Waals surface area (Å²) in [4.78, 5) is 14.2. The fourth-order valence-corrected chi connectivity index (χ4v) is 1.69. The van der Waals surface area contributed by atoms with Gasteiger partial charge in [0.05, 0.1) is 10.4 Å². The summed E-state index contributed by atoms with van der Waals surface area (Å²) in [5.41, 5.74) is 5.04. The van der Waals surface area contributed by atoms with E-state index < -0.39 is 5.41 Å². The Morgan fingerprint density at radius 3 is 2.60 bits per heavy atom. The predicted octanol–water partition coefficient (Wildman–Crippen LogP) is 0.121. The summed E-state index contributed by atoms with van der Waals surface area (Å²) in [5.74, 6) is -0.000460. The molecule has 4 nitrogen and oxygen atoms in total. The zero-order valence-electron chi connectivity index (χ0n) is 9.38. The molecule has 1 rings (SSSR count). The van der Waals surface area contributed by atoms with Crippen molar-refractivity contribution in [1.29, 1.82) is 0 Å². The number of carbonyl (C=O) groups is 1. The number of likely N-dealkylation sites (N-methyl/N-ethyl adjacent to an activating group) is 1. The first-order valence-corrected chi connectivity index (χ1v) is 5.70. The minimum absolute atomic E-state index is 0.000460. The number of nitrogens with one attached hydrogen (secondary N) is 1. The van der Waals surface area contributed by atoms with E-state index in [1.807, 2.05) is 7.05 Å². The number of thiocarbonyl (C=S) groups is 1. The lowest BCUT2D eigenvalue weighted by Gasteiger charge is -2.17. The zero-order valence-corrected chi connectivity index (χ0v) is 10.2. The van der Waals surface area contributed by atoms with E-state index in [1.165, 1.54) is 0 Å². The second-order valence-electron chi connectivity index (χ2n) is 4.10. The maximum Gasteiger partial charge on any atom is 0.233 e. The minimum Gasteiger partial charge on any atom is -0.392 e. The Kier molecular flexibility index (Phi) is 4.04. The van der Waals surface area contributed by atoms with Crippen molar-refractivity contribution in [3.05, 3.63) is 0 Å². The molecule has 0 bridgehead atoms. The fourth-order valence-electron chi connectivity index (χ4n) is 1.40. The molecule has 86 valence electrons. The molecule has 5 heteroatoms. The standard InChI is InChI=1S/C10H19N3OS/c1-3-13(2)7-6-12-9(14)10(4-5-10)8(11)15/h3-7H2,1-2H3,(H2,11,15)(H,12,14). The molecule has 0 unspecified atom stereocenters. The van der Waals surface area contributed by atoms with Gasteiger partial charge in [-0.1, -0.05) is 19.1 Å². The van der Waals surface area contributed by atoms with Crippen LogP contribution in [0.3, 0.4) is 0 Å². The van der Waals surface area contributed by atoms with Gasteiger partial charge in [-0.05, 0) is 26.4 Å². The van der Waals surface area contributed by atoms with Crippen molar-refractivity contribution in [2.75, 3.05) is 26.7 Å². The van der Waals surface area contributed by atoms with E-state index in [0.29, 0.717) is 11.5 Å². The van der Waals surface area contributed by atoms with Crippen LogP contribution in [0.25, 0.3) is 0 Å². The van der Waals surface area contributed by atoms with Crippen molar-refractivity contribution in [3.63, 3.8) is 0 Å². The highest BCUT2D eigenvalue weighted by Crippen LogP contribution is 2.46. The molecule has 0 aromatic rings. The lowest BCUT2D eigenvalue weighted by atomic mass is 10.1. The highest BCUT2D eigenvalue weighted by Gasteiger charge is 2.52. The van der Waals surface area contributed by atoms with Crippen molar-refractivity contribution in [2.45, 2.75) is 19.8 Å². The van der Waals surface area contributed by atoms with E-state index >= 15 is 0 Å². The van der Waals surface area contributed by atoms with Crippen LogP contribution in [0, 0.1) is 5.41 Å². The summed E-state index contributed by atoms with van der Waals surface area (Å²) in [7, 11) is 2.02. The van der Waals surface area contributed by atoms with Gasteiger partial charge in [0.25, 0.3) is 0 Å². The van der Waals surface area contributed by atoms with Crippen molar-refractivity contribution in [1.82, 2.24) is 10.2 Å². The molecule has 1 amide bonds. The largest absolute Gasteiger partial charge is 0.392 e. The Morgan fingerprint density at radius 1 is 1.60 bits per heavy atom. The van der Waals surface area contributed by atoms with E-state index in [4.69, 9.17) is 18.0 Å². The van der Waals surface area contributed by atoms with Gasteiger partial charge in [0.1, 0.15) is 0 Å². The molecule has 1 aliphatic rings. The average Bonchev–Trinajstić information content (AvgIpc) is 2.97. The molecular formula is C10H19N3OS. The maximum atomic E-state index is 11.7. The molecule has 0 aromatic carbocycles. The van der Waals surface area contributed by atoms with Crippen LogP contribution >= 0.6 is 12.2 Å². The molecular weight excluding hydrogens is 210 g/mol. The third-order valence-corrected chi connectivity index (χ3v) is 3.37. The molecule has 3 N–H and O–H groups in total. The normalized spacial score (nSPS) is 17.5. The molecule has 0 radical (unpaired) electrons. The van der Waals surface area contributed by atoms with E-state index in [0.717, 1.165) is 25.9 Å². The predicted molar refractivity (Wildman–Crippen MR) is 64.6 cm³/mol. The lowest BCUT2D eigenvalue weighted by molar-refractivity contribution is -0.124. The van der Waals surface area contributed by atoms with Crippen LogP contribution in [-0.4, -0.2) is 42.5 Å². The van der Waals surface area contributed by atoms with E-state index in [1.54, 1.807) is 0 Å². The van der Waals surface area contributed by atoms with Crippen LogP contribution in [0.2, 0.25) is 0 Å². The Bertz CT molecular complexity index is 263. The molecule has 0 spiro atoms. The van der Waals surface area contributed by atoms with Crippen molar-refractivity contribution in [3.8, 4) is 0 Å². The molecule has 0 heterocycles. The third-order valence-electron chi connectivity index (χ3n) is 2.98. The molecule has 0 saturated heterocycles. The van der Waals surface area contributed by atoms with Crippen LogP contribution < -0.4 is 11.1 Å². The van der Waals surface area contributed by atoms with Crippen LogP contribution in [0.1, 0.15) is 19.8 Å². The highest BCUT2D eigenvalue weighted by molar-refractivity contribution is 7.80. The number of amides is 1. The van der Waals surface area contributed by atoms with Crippen molar-refractivity contribution in [2.24, 2.45) is 11.1 Å². The smallest absolute Gasteiger partial charge is 0.233 e. The van der Waals surface area contributed by atoms with Gasteiger partial charge in [0.2, 0.25) is 5.91 Å². The van der Waals surface area contributed by atoms with Crippen molar-refractivity contribution < 1.29 is 4.79 Å². The number of hydrogen-bond donors (Lipinski definition) is 2. The van der Waals surface area contributed by atoms with Crippen LogP contribution in [-0.2, 0) is 4.79 Å². The molecule has 0 aliphatic heterocycles. The summed E-state index contributed by atoms with van der Waals surface area (Å²) in [5, 5.41) is 2.88. The van der Waals surface area contributed by atoms with Gasteiger partial charge in [0, 0.05) is 13.1 Å². The summed E-state index contributed by atoms with van der Waals surface area (Å²) < 4.78 is 0. The van der Waals surface area contributed by atoms with E-state index in [9.17, 15) is 4.79 Å². The monoisotopic (exact) mass is 229 g/mol. The van der Waals surface area contributed by atoms with Gasteiger partial charge < -0.3 is 16.0 Å². The summed E-state index contributed by atoms with van der Waals surface area (Å²) in [6.07, 6.45) is 1.61. The van der Waals surface area contributed by atoms with Gasteiger partial charge in [-0.3, -0.25) is 4.79 Å². The first kappa shape index (κ1) is 12.4. The molecule has 0 aromatic heterocycles. The molecule has 0 atom stereocenters. The third kappa shape index (κ3) is 2.89. The topological polar surface area (TPSA) is 58.4 Å². The summed E-state index contributed by atoms with van der Waals surface area (Å²) in [6, 6.07) is 0. The van der Waals surface area contributed by atoms with E-state index in [-0.39, 0.29) is 5.91 Å². The Labute approximate surface area is 96.2 Å². The van der Waals surface area contributed by atoms with Gasteiger partial charge in [-0.15, -0.1) is 0 Å². The van der Waals surface area contributed by atoms with Gasteiger partial charge in [-0.25, -0.2) is 0 Å². The number of carbonyl (C=O) groups excluding carboxylic acids is 1. The second kappa shape index (κ2) is 4.90. The number of hydrogen-bond acceptors (Lipinski definition) is 3. The van der Waals surface area contributed by atoms with Crippen LogP contribution in [0.4, 0.5) is 0 Å². The Balaban J connectivity index is 2.28. The van der Waals surface area contributed by atoms with Crippen molar-refractivity contribution >= 4 is 23.1 Å². The zero-order chi connectivity index (χ0) is 11.5. The molecule has 1 fully saturated rings. The van der Waals surface area contributed by atoms with Crippen LogP contribution in [0.15, 0.2) is 0 Å². The average molecular weight is 229 g/mol. The van der Waals surface area contributed by atoms with E-state index in [2.05, 4.69) is 17.1 Å². The summed E-state index contributed by atoms with van der Waals surface area (Å²) >= 11 is 4.90. The molecule has 1 saturated carbocycles. The van der Waals surface area contributed by atoms with Gasteiger partial charge >= 0.3 is 0 Å². The Hall–Kier alpha value is -0.680.